The highest BCUT2D eigenvalue weighted by Crippen LogP contribution is 2.29. The summed E-state index contributed by atoms with van der Waals surface area (Å²) in [5.41, 5.74) is 1.47. The van der Waals surface area contributed by atoms with Gasteiger partial charge in [-0.2, -0.15) is 0 Å². The summed E-state index contributed by atoms with van der Waals surface area (Å²) in [7, 11) is 0. The predicted molar refractivity (Wildman–Crippen MR) is 116 cm³/mol. The van der Waals surface area contributed by atoms with Gasteiger partial charge in [-0.25, -0.2) is 0 Å². The van der Waals surface area contributed by atoms with Crippen LogP contribution in [0.15, 0.2) is 76.8 Å². The zero-order valence-corrected chi connectivity index (χ0v) is 16.9. The van der Waals surface area contributed by atoms with Crippen LogP contribution in [0.5, 0.6) is 0 Å². The van der Waals surface area contributed by atoms with Gasteiger partial charge in [0.2, 0.25) is 11.7 Å². The number of para-hydroxylation sites is 1. The number of aromatic nitrogens is 3. The third kappa shape index (κ3) is 4.36. The summed E-state index contributed by atoms with van der Waals surface area (Å²) in [6.45, 7) is 4.31. The molecule has 2 aromatic carbocycles. The molecule has 0 aliphatic rings. The van der Waals surface area contributed by atoms with Crippen molar-refractivity contribution in [2.45, 2.75) is 11.7 Å². The van der Waals surface area contributed by atoms with Gasteiger partial charge in [-0.1, -0.05) is 47.6 Å². The van der Waals surface area contributed by atoms with E-state index in [1.54, 1.807) is 30.3 Å². The molecule has 0 spiro atoms. The monoisotopic (exact) mass is 424 g/mol. The molecule has 1 amide bonds. The van der Waals surface area contributed by atoms with Crippen LogP contribution >= 0.6 is 23.4 Å². The summed E-state index contributed by atoms with van der Waals surface area (Å²) < 4.78 is 7.79. The smallest absolute Gasteiger partial charge is 0.234 e. The molecule has 4 rings (SSSR count). The Morgan fingerprint density at radius 1 is 1.21 bits per heavy atom. The molecule has 4 aromatic rings. The topological polar surface area (TPSA) is 73.0 Å². The molecule has 8 heteroatoms. The van der Waals surface area contributed by atoms with Gasteiger partial charge >= 0.3 is 0 Å². The van der Waals surface area contributed by atoms with Gasteiger partial charge in [-0.05, 0) is 36.4 Å². The van der Waals surface area contributed by atoms with Crippen molar-refractivity contribution >= 4 is 45.9 Å². The number of nitrogens with zero attached hydrogens (tertiary/aromatic N) is 3. The number of amides is 1. The molecule has 0 radical (unpaired) electrons. The van der Waals surface area contributed by atoms with Crippen LogP contribution in [-0.2, 0) is 11.3 Å². The number of nitrogens with one attached hydrogen (secondary N) is 1. The fraction of sp³-hybridized carbons (Fsp3) is 0.0952. The first kappa shape index (κ1) is 19.3. The lowest BCUT2D eigenvalue weighted by Crippen LogP contribution is -2.14. The number of hydrogen-bond donors (Lipinski definition) is 1. The van der Waals surface area contributed by atoms with Crippen molar-refractivity contribution in [1.29, 1.82) is 0 Å². The number of carbonyl (C=O) groups excluding carboxylic acids is 1. The van der Waals surface area contributed by atoms with Gasteiger partial charge in [-0.3, -0.25) is 9.36 Å². The van der Waals surface area contributed by atoms with Crippen LogP contribution in [0.25, 0.3) is 22.6 Å². The molecule has 0 saturated carbocycles. The maximum atomic E-state index is 12.3. The van der Waals surface area contributed by atoms with Crippen molar-refractivity contribution in [2.24, 2.45) is 0 Å². The number of hydrogen-bond acceptors (Lipinski definition) is 5. The van der Waals surface area contributed by atoms with Crippen molar-refractivity contribution in [3.05, 3.63) is 72.3 Å². The largest absolute Gasteiger partial charge is 0.453 e. The van der Waals surface area contributed by atoms with Crippen LogP contribution in [0.1, 0.15) is 0 Å². The average molecular weight is 425 g/mol. The van der Waals surface area contributed by atoms with E-state index in [0.29, 0.717) is 34.0 Å². The summed E-state index contributed by atoms with van der Waals surface area (Å²) in [4.78, 5) is 12.3. The number of benzene rings is 2. The van der Waals surface area contributed by atoms with Crippen LogP contribution in [0.2, 0.25) is 5.02 Å². The Bertz CT molecular complexity index is 1130. The Morgan fingerprint density at radius 2 is 2.00 bits per heavy atom. The first-order chi connectivity index (χ1) is 14.1. The van der Waals surface area contributed by atoms with Crippen LogP contribution in [0.4, 0.5) is 5.69 Å². The number of rotatable bonds is 7. The highest BCUT2D eigenvalue weighted by atomic mass is 35.5. The summed E-state index contributed by atoms with van der Waals surface area (Å²) in [6, 6.07) is 16.7. The highest BCUT2D eigenvalue weighted by Gasteiger charge is 2.18. The number of fused-ring (bicyclic) bond motifs is 1. The fourth-order valence-electron chi connectivity index (χ4n) is 2.82. The summed E-state index contributed by atoms with van der Waals surface area (Å²) >= 11 is 7.17. The van der Waals surface area contributed by atoms with Gasteiger partial charge in [0.25, 0.3) is 0 Å². The maximum absolute atomic E-state index is 12.3. The molecule has 0 atom stereocenters. The SMILES string of the molecule is C=CCn1c(SCC(=O)Nc2ccc(Cl)cc2)nnc1-c1cc2ccccc2o1. The molecule has 1 N–H and O–H groups in total. The Labute approximate surface area is 176 Å². The van der Waals surface area contributed by atoms with E-state index in [4.69, 9.17) is 16.0 Å². The van der Waals surface area contributed by atoms with Gasteiger partial charge in [0.05, 0.1) is 5.75 Å². The first-order valence-corrected chi connectivity index (χ1v) is 10.2. The lowest BCUT2D eigenvalue weighted by molar-refractivity contribution is -0.113. The van der Waals surface area contributed by atoms with E-state index in [2.05, 4.69) is 22.1 Å². The first-order valence-electron chi connectivity index (χ1n) is 8.85. The van der Waals surface area contributed by atoms with Crippen molar-refractivity contribution < 1.29 is 9.21 Å². The molecule has 6 nitrogen and oxygen atoms in total. The second kappa shape index (κ2) is 8.55. The van der Waals surface area contributed by atoms with Gasteiger partial charge in [0.15, 0.2) is 10.9 Å². The second-order valence-electron chi connectivity index (χ2n) is 6.20. The molecule has 0 fully saturated rings. The van der Waals surface area contributed by atoms with Crippen LogP contribution in [0, 0.1) is 0 Å². The number of furan rings is 1. The van der Waals surface area contributed by atoms with E-state index < -0.39 is 0 Å². The van der Waals surface area contributed by atoms with Crippen molar-refractivity contribution in [3.8, 4) is 11.6 Å². The Kier molecular flexibility index (Phi) is 5.69. The minimum atomic E-state index is -0.143. The van der Waals surface area contributed by atoms with Crippen molar-refractivity contribution in [2.75, 3.05) is 11.1 Å². The van der Waals surface area contributed by atoms with E-state index in [0.717, 1.165) is 11.0 Å². The summed E-state index contributed by atoms with van der Waals surface area (Å²) in [6.07, 6.45) is 1.76. The van der Waals surface area contributed by atoms with E-state index in [-0.39, 0.29) is 11.7 Å². The molecule has 146 valence electrons. The Morgan fingerprint density at radius 3 is 2.76 bits per heavy atom. The molecule has 0 aliphatic carbocycles. The molecule has 2 heterocycles. The van der Waals surface area contributed by atoms with Gasteiger partial charge in [0.1, 0.15) is 5.58 Å². The van der Waals surface area contributed by atoms with Gasteiger partial charge < -0.3 is 9.73 Å². The third-order valence-corrected chi connectivity index (χ3v) is 5.35. The maximum Gasteiger partial charge on any atom is 0.234 e. The minimum absolute atomic E-state index is 0.143. The zero-order chi connectivity index (χ0) is 20.2. The number of carbonyl (C=O) groups is 1. The van der Waals surface area contributed by atoms with Gasteiger partial charge in [-0.15, -0.1) is 16.8 Å². The van der Waals surface area contributed by atoms with Crippen LogP contribution in [0.3, 0.4) is 0 Å². The lowest BCUT2D eigenvalue weighted by Gasteiger charge is -2.07. The molecule has 29 heavy (non-hydrogen) atoms. The zero-order valence-electron chi connectivity index (χ0n) is 15.3. The van der Waals surface area contributed by atoms with Crippen molar-refractivity contribution in [1.82, 2.24) is 14.8 Å². The number of anilines is 1. The quantitative estimate of drug-likeness (QED) is 0.323. The minimum Gasteiger partial charge on any atom is -0.453 e. The third-order valence-electron chi connectivity index (χ3n) is 4.13. The Balaban J connectivity index is 1.51. The normalized spacial score (nSPS) is 10.9. The summed E-state index contributed by atoms with van der Waals surface area (Å²) in [5, 5.41) is 13.6. The van der Waals surface area contributed by atoms with Gasteiger partial charge in [0, 0.05) is 22.6 Å². The predicted octanol–water partition coefficient (Wildman–Crippen LogP) is 5.26. The lowest BCUT2D eigenvalue weighted by atomic mass is 10.2. The van der Waals surface area contributed by atoms with Crippen molar-refractivity contribution in [3.63, 3.8) is 0 Å². The second-order valence-corrected chi connectivity index (χ2v) is 7.58. The highest BCUT2D eigenvalue weighted by molar-refractivity contribution is 7.99. The standard InChI is InChI=1S/C21H17ClN4O2S/c1-2-11-26-20(18-12-14-5-3-4-6-17(14)28-18)24-25-21(26)29-13-19(27)23-16-9-7-15(22)8-10-16/h2-10,12H,1,11,13H2,(H,23,27). The number of allylic oxidation sites excluding steroid dienone is 1. The van der Waals surface area contributed by atoms with E-state index in [9.17, 15) is 4.79 Å². The molecule has 0 saturated heterocycles. The molecule has 0 unspecified atom stereocenters. The van der Waals surface area contributed by atoms with Crippen LogP contribution in [-0.4, -0.2) is 26.4 Å². The Hall–Kier alpha value is -3.03. The number of thioether (sulfide) groups is 1. The molecular formula is C21H17ClN4O2S. The summed E-state index contributed by atoms with van der Waals surface area (Å²) in [5.74, 6) is 1.27. The fourth-order valence-corrected chi connectivity index (χ4v) is 3.70. The molecule has 2 aromatic heterocycles. The van der Waals surface area contributed by atoms with Crippen LogP contribution < -0.4 is 5.32 Å². The molecule has 0 aliphatic heterocycles. The number of halogens is 1. The molecule has 0 bridgehead atoms. The molecular weight excluding hydrogens is 408 g/mol. The van der Waals surface area contributed by atoms with E-state index in [1.165, 1.54) is 11.8 Å². The van der Waals surface area contributed by atoms with E-state index in [1.807, 2.05) is 34.9 Å². The van der Waals surface area contributed by atoms with E-state index >= 15 is 0 Å². The average Bonchev–Trinajstić information content (AvgIpc) is 3.32.